The zero-order valence-corrected chi connectivity index (χ0v) is 16.8. The largest absolute Gasteiger partial charge is 0.310 e. The molecule has 2 aliphatic rings. The molecule has 3 heterocycles. The Morgan fingerprint density at radius 2 is 2.11 bits per heavy atom. The molecule has 140 valence electrons. The number of nitrogens with zero attached hydrogens (tertiary/aromatic N) is 3. The summed E-state index contributed by atoms with van der Waals surface area (Å²) in [6.45, 7) is 1.83. The lowest BCUT2D eigenvalue weighted by atomic mass is 9.96. The summed E-state index contributed by atoms with van der Waals surface area (Å²) in [6.07, 6.45) is 3.75. The number of quaternary nitrogens is 1. The van der Waals surface area contributed by atoms with Crippen molar-refractivity contribution < 1.29 is 9.29 Å². The third kappa shape index (κ3) is 2.98. The van der Waals surface area contributed by atoms with E-state index < -0.39 is 0 Å². The molecule has 0 saturated heterocycles. The van der Waals surface area contributed by atoms with Gasteiger partial charge in [0.15, 0.2) is 12.5 Å². The maximum atomic E-state index is 14.3. The zero-order valence-electron chi connectivity index (χ0n) is 15.2. The first-order valence-corrected chi connectivity index (χ1v) is 10.7. The molecule has 1 fully saturated rings. The molecule has 7 heteroatoms. The number of fused-ring (bicyclic) bond motifs is 1. The summed E-state index contributed by atoms with van der Waals surface area (Å²) >= 11 is 7.53. The molecule has 1 unspecified atom stereocenters. The van der Waals surface area contributed by atoms with E-state index in [9.17, 15) is 4.39 Å². The van der Waals surface area contributed by atoms with Crippen molar-refractivity contribution in [2.75, 3.05) is 6.54 Å². The number of thiophene rings is 1. The average Bonchev–Trinajstić information content (AvgIpc) is 3.33. The maximum absolute atomic E-state index is 14.3. The molecule has 4 nitrogen and oxygen atoms in total. The van der Waals surface area contributed by atoms with Gasteiger partial charge >= 0.3 is 0 Å². The second-order valence-corrected chi connectivity index (χ2v) is 8.94. The molecule has 1 aliphatic heterocycles. The van der Waals surface area contributed by atoms with Crippen molar-refractivity contribution in [3.63, 3.8) is 0 Å². The van der Waals surface area contributed by atoms with Gasteiger partial charge in [0.1, 0.15) is 11.9 Å². The Bertz CT molecular complexity index is 1050. The molecule has 1 aliphatic carbocycles. The van der Waals surface area contributed by atoms with Gasteiger partial charge in [0, 0.05) is 29.8 Å². The Kier molecular flexibility index (Phi) is 4.26. The number of hydrogen-bond donors (Lipinski definition) is 1. The highest BCUT2D eigenvalue weighted by atomic mass is 32.1. The van der Waals surface area contributed by atoms with E-state index in [0.717, 1.165) is 25.6 Å². The Morgan fingerprint density at radius 3 is 2.89 bits per heavy atom. The molecule has 0 radical (unpaired) electrons. The predicted octanol–water partition coefficient (Wildman–Crippen LogP) is 3.37. The van der Waals surface area contributed by atoms with Crippen LogP contribution in [0.4, 0.5) is 4.39 Å². The van der Waals surface area contributed by atoms with Gasteiger partial charge in [0.05, 0.1) is 12.1 Å². The highest BCUT2D eigenvalue weighted by Gasteiger charge is 2.43. The van der Waals surface area contributed by atoms with Gasteiger partial charge in [0.25, 0.3) is 0 Å². The highest BCUT2D eigenvalue weighted by molar-refractivity contribution is 7.71. The first kappa shape index (κ1) is 17.3. The molecule has 0 spiro atoms. The Hall–Kier alpha value is -1.83. The summed E-state index contributed by atoms with van der Waals surface area (Å²) < 4.78 is 18.6. The third-order valence-electron chi connectivity index (χ3n) is 5.83. The van der Waals surface area contributed by atoms with Crippen molar-refractivity contribution in [2.45, 2.75) is 32.0 Å². The van der Waals surface area contributed by atoms with Crippen LogP contribution < -0.4 is 4.90 Å². The number of halogens is 1. The fourth-order valence-electron chi connectivity index (χ4n) is 4.33. The fraction of sp³-hybridized carbons (Fsp3) is 0.400. The standard InChI is InChI=1S/C20H21FN4S2/c1-23-19(14-4-2-3-5-16(14)21)22-25(20(23)26)12-24-10-8-17-15(9-11-27-17)18(24)13-6-7-13/h2-5,9,11,13,18H,6-8,10,12H2,1H3/p+1/t18-/m1/s1. The smallest absolute Gasteiger partial charge is 0.202 e. The first-order chi connectivity index (χ1) is 13.1. The summed E-state index contributed by atoms with van der Waals surface area (Å²) in [4.78, 5) is 3.07. The number of benzene rings is 1. The maximum Gasteiger partial charge on any atom is 0.202 e. The van der Waals surface area contributed by atoms with Crippen LogP contribution in [-0.4, -0.2) is 20.9 Å². The van der Waals surface area contributed by atoms with Gasteiger partial charge in [-0.3, -0.25) is 0 Å². The molecule has 3 aromatic rings. The van der Waals surface area contributed by atoms with E-state index in [4.69, 9.17) is 17.3 Å². The van der Waals surface area contributed by atoms with Crippen LogP contribution in [0.2, 0.25) is 0 Å². The lowest BCUT2D eigenvalue weighted by Crippen LogP contribution is -3.13. The summed E-state index contributed by atoms with van der Waals surface area (Å²) in [5, 5.41) is 6.94. The van der Waals surface area contributed by atoms with E-state index in [1.165, 1.54) is 29.4 Å². The van der Waals surface area contributed by atoms with E-state index in [1.54, 1.807) is 17.0 Å². The van der Waals surface area contributed by atoms with Crippen LogP contribution in [0, 0.1) is 16.5 Å². The van der Waals surface area contributed by atoms with Gasteiger partial charge in [-0.15, -0.1) is 16.4 Å². The van der Waals surface area contributed by atoms with Crippen LogP contribution in [0.3, 0.4) is 0 Å². The number of nitrogens with one attached hydrogen (secondary N) is 1. The van der Waals surface area contributed by atoms with Crippen LogP contribution in [-0.2, 0) is 20.1 Å². The molecule has 1 saturated carbocycles. The van der Waals surface area contributed by atoms with E-state index >= 15 is 0 Å². The number of hydrogen-bond acceptors (Lipinski definition) is 3. The number of rotatable bonds is 4. The molecular weight excluding hydrogens is 379 g/mol. The monoisotopic (exact) mass is 401 g/mol. The quantitative estimate of drug-likeness (QED) is 0.679. The minimum atomic E-state index is -0.267. The molecule has 2 atom stereocenters. The van der Waals surface area contributed by atoms with Gasteiger partial charge in [-0.1, -0.05) is 12.1 Å². The second kappa shape index (κ2) is 6.65. The molecule has 27 heavy (non-hydrogen) atoms. The minimum absolute atomic E-state index is 0.267. The van der Waals surface area contributed by atoms with Gasteiger partial charge in [-0.2, -0.15) is 4.68 Å². The zero-order chi connectivity index (χ0) is 18.5. The third-order valence-corrected chi connectivity index (χ3v) is 7.31. The fourth-order valence-corrected chi connectivity index (χ4v) is 5.46. The van der Waals surface area contributed by atoms with Crippen molar-refractivity contribution in [2.24, 2.45) is 13.0 Å². The Balaban J connectivity index is 1.49. The second-order valence-electron chi connectivity index (χ2n) is 7.58. The van der Waals surface area contributed by atoms with Gasteiger partial charge in [-0.05, 0) is 48.6 Å². The summed E-state index contributed by atoms with van der Waals surface area (Å²) in [5.74, 6) is 1.10. The summed E-state index contributed by atoms with van der Waals surface area (Å²) in [7, 11) is 1.87. The van der Waals surface area contributed by atoms with Gasteiger partial charge in [0.2, 0.25) is 4.77 Å². The normalized spacial score (nSPS) is 22.0. The Morgan fingerprint density at radius 1 is 1.30 bits per heavy atom. The number of aromatic nitrogens is 3. The van der Waals surface area contributed by atoms with Crippen LogP contribution in [0.1, 0.15) is 29.3 Å². The van der Waals surface area contributed by atoms with Crippen LogP contribution in [0.5, 0.6) is 0 Å². The lowest BCUT2D eigenvalue weighted by Gasteiger charge is -2.32. The molecule has 0 bridgehead atoms. The van der Waals surface area contributed by atoms with Crippen molar-refractivity contribution >= 4 is 23.6 Å². The molecule has 1 N–H and O–H groups in total. The predicted molar refractivity (Wildman–Crippen MR) is 107 cm³/mol. The topological polar surface area (TPSA) is 27.2 Å². The molecule has 0 amide bonds. The lowest BCUT2D eigenvalue weighted by molar-refractivity contribution is -0.958. The molecule has 2 aromatic heterocycles. The average molecular weight is 402 g/mol. The Labute approximate surface area is 166 Å². The molecule has 1 aromatic carbocycles. The van der Waals surface area contributed by atoms with E-state index in [0.29, 0.717) is 22.2 Å². The summed E-state index contributed by atoms with van der Waals surface area (Å²) in [6, 6.07) is 9.60. The highest BCUT2D eigenvalue weighted by Crippen LogP contribution is 2.42. The molecular formula is C20H22FN4S2+. The van der Waals surface area contributed by atoms with Crippen molar-refractivity contribution in [1.82, 2.24) is 14.3 Å². The minimum Gasteiger partial charge on any atom is -0.310 e. The van der Waals surface area contributed by atoms with Crippen molar-refractivity contribution in [3.8, 4) is 11.4 Å². The molecule has 5 rings (SSSR count). The SMILES string of the molecule is Cn1c(-c2ccccc2F)nn(C[NH+]2CCc3sccc3[C@H]2C2CC2)c1=S. The van der Waals surface area contributed by atoms with E-state index in [-0.39, 0.29) is 5.82 Å². The van der Waals surface area contributed by atoms with Crippen molar-refractivity contribution in [3.05, 3.63) is 56.7 Å². The van der Waals surface area contributed by atoms with E-state index in [1.807, 2.05) is 33.7 Å². The van der Waals surface area contributed by atoms with Gasteiger partial charge < -0.3 is 9.47 Å². The first-order valence-electron chi connectivity index (χ1n) is 9.43. The van der Waals surface area contributed by atoms with Crippen LogP contribution in [0.15, 0.2) is 35.7 Å². The van der Waals surface area contributed by atoms with Crippen LogP contribution >= 0.6 is 23.6 Å². The van der Waals surface area contributed by atoms with Crippen LogP contribution in [0.25, 0.3) is 11.4 Å². The summed E-state index contributed by atoms with van der Waals surface area (Å²) in [5.41, 5.74) is 2.03. The van der Waals surface area contributed by atoms with Gasteiger partial charge in [-0.25, -0.2) is 4.39 Å². The van der Waals surface area contributed by atoms with E-state index in [2.05, 4.69) is 11.4 Å². The van der Waals surface area contributed by atoms with Crippen molar-refractivity contribution in [1.29, 1.82) is 0 Å².